The fourth-order valence-corrected chi connectivity index (χ4v) is 4.27. The smallest absolute Gasteiger partial charge is 0.248 e. The Morgan fingerprint density at radius 1 is 1.21 bits per heavy atom. The van der Waals surface area contributed by atoms with Gasteiger partial charge in [0.15, 0.2) is 0 Å². The third-order valence-electron chi connectivity index (χ3n) is 4.42. The maximum Gasteiger partial charge on any atom is 0.248 e. The number of nitrogens with one attached hydrogen (secondary N) is 1. The van der Waals surface area contributed by atoms with Gasteiger partial charge < -0.3 is 10.1 Å². The van der Waals surface area contributed by atoms with Crippen molar-refractivity contribution in [3.05, 3.63) is 66.2 Å². The number of nitrogens with zero attached hydrogens (tertiary/aromatic N) is 1. The van der Waals surface area contributed by atoms with Crippen molar-refractivity contribution >= 4 is 27.3 Å². The first-order chi connectivity index (χ1) is 13.7. The molecule has 0 aromatic heterocycles. The summed E-state index contributed by atoms with van der Waals surface area (Å²) in [6.07, 6.45) is 3.10. The van der Waals surface area contributed by atoms with Crippen molar-refractivity contribution in [3.8, 4) is 5.75 Å². The molecule has 0 unspecified atom stereocenters. The fraction of sp³-hybridized carbons (Fsp3) is 0.318. The molecule has 2 aromatic rings. The lowest BCUT2D eigenvalue weighted by molar-refractivity contribution is -0.117. The number of hydrogen-bond acceptors (Lipinski definition) is 4. The summed E-state index contributed by atoms with van der Waals surface area (Å²) in [6, 6.07) is 11.6. The van der Waals surface area contributed by atoms with Crippen LogP contribution in [0.4, 0.5) is 11.4 Å². The van der Waals surface area contributed by atoms with Gasteiger partial charge >= 0.3 is 0 Å². The van der Waals surface area contributed by atoms with E-state index in [0.717, 1.165) is 17.4 Å². The topological polar surface area (TPSA) is 75.7 Å². The Hall–Kier alpha value is -2.80. The Balaban J connectivity index is 2.31. The second-order valence-corrected chi connectivity index (χ2v) is 8.75. The first-order valence-electron chi connectivity index (χ1n) is 9.38. The number of hydrogen-bond donors (Lipinski definition) is 1. The first-order valence-corrected chi connectivity index (χ1v) is 11.2. The average molecular weight is 417 g/mol. The highest BCUT2D eigenvalue weighted by atomic mass is 32.2. The highest BCUT2D eigenvalue weighted by Gasteiger charge is 2.32. The molecular weight excluding hydrogens is 388 g/mol. The Kier molecular flexibility index (Phi) is 7.45. The monoisotopic (exact) mass is 416 g/mol. The normalized spacial score (nSPS) is 12.1. The Labute approximate surface area is 173 Å². The van der Waals surface area contributed by atoms with E-state index in [1.54, 1.807) is 43.3 Å². The molecule has 0 aliphatic carbocycles. The molecule has 2 rings (SSSR count). The van der Waals surface area contributed by atoms with Crippen molar-refractivity contribution in [1.29, 1.82) is 0 Å². The number of amides is 1. The summed E-state index contributed by atoms with van der Waals surface area (Å²) in [5.74, 6) is 0.265. The molecule has 0 heterocycles. The molecule has 0 saturated carbocycles. The molecule has 0 spiro atoms. The standard InChI is InChI=1S/C22H28N2O4S/c1-6-14-28-19-12-10-18(11-13-19)23-22(25)20(7-2)24(29(5,26)27)21-15-16(3)8-9-17(21)4/h6,8-13,15,20H,1,7,14H2,2-5H3,(H,23,25)/t20-/m0/s1. The molecule has 1 atom stereocenters. The largest absolute Gasteiger partial charge is 0.490 e. The number of anilines is 2. The van der Waals surface area contributed by atoms with Gasteiger partial charge in [-0.1, -0.05) is 31.7 Å². The average Bonchev–Trinajstić information content (AvgIpc) is 2.66. The molecule has 156 valence electrons. The summed E-state index contributed by atoms with van der Waals surface area (Å²) in [5, 5.41) is 2.81. The van der Waals surface area contributed by atoms with E-state index in [1.807, 2.05) is 26.0 Å². The van der Waals surface area contributed by atoms with Gasteiger partial charge in [0, 0.05) is 5.69 Å². The van der Waals surface area contributed by atoms with E-state index in [2.05, 4.69) is 11.9 Å². The van der Waals surface area contributed by atoms with Crippen molar-refractivity contribution in [1.82, 2.24) is 0 Å². The van der Waals surface area contributed by atoms with Crippen LogP contribution >= 0.6 is 0 Å². The third-order valence-corrected chi connectivity index (χ3v) is 5.59. The lowest BCUT2D eigenvalue weighted by atomic mass is 10.1. The molecular formula is C22H28N2O4S. The molecule has 0 radical (unpaired) electrons. The van der Waals surface area contributed by atoms with Crippen molar-refractivity contribution in [3.63, 3.8) is 0 Å². The van der Waals surface area contributed by atoms with Crippen LogP contribution < -0.4 is 14.4 Å². The molecule has 0 aliphatic heterocycles. The van der Waals surface area contributed by atoms with Crippen LogP contribution in [-0.2, 0) is 14.8 Å². The SMILES string of the molecule is C=CCOc1ccc(NC(=O)[C@H](CC)N(c2cc(C)ccc2C)S(C)(=O)=O)cc1. The summed E-state index contributed by atoms with van der Waals surface area (Å²) in [6.45, 7) is 9.50. The van der Waals surface area contributed by atoms with Gasteiger partial charge in [-0.2, -0.15) is 0 Å². The van der Waals surface area contributed by atoms with Gasteiger partial charge in [0.1, 0.15) is 18.4 Å². The number of sulfonamides is 1. The molecule has 2 aromatic carbocycles. The van der Waals surface area contributed by atoms with Gasteiger partial charge in [0.25, 0.3) is 0 Å². The van der Waals surface area contributed by atoms with Crippen LogP contribution in [0.25, 0.3) is 0 Å². The van der Waals surface area contributed by atoms with Crippen LogP contribution in [0.2, 0.25) is 0 Å². The quantitative estimate of drug-likeness (QED) is 0.626. The molecule has 0 aliphatic rings. The van der Waals surface area contributed by atoms with E-state index in [1.165, 1.54) is 4.31 Å². The van der Waals surface area contributed by atoms with Crippen LogP contribution in [0.3, 0.4) is 0 Å². The second-order valence-electron chi connectivity index (χ2n) is 6.89. The summed E-state index contributed by atoms with van der Waals surface area (Å²) in [5.41, 5.74) is 2.79. The van der Waals surface area contributed by atoms with Crippen LogP contribution in [-0.4, -0.2) is 33.2 Å². The minimum Gasteiger partial charge on any atom is -0.490 e. The molecule has 7 heteroatoms. The summed E-state index contributed by atoms with van der Waals surface area (Å²) >= 11 is 0. The molecule has 0 bridgehead atoms. The van der Waals surface area contributed by atoms with Crippen molar-refractivity contribution < 1.29 is 17.9 Å². The van der Waals surface area contributed by atoms with Crippen molar-refractivity contribution in [2.24, 2.45) is 0 Å². The van der Waals surface area contributed by atoms with E-state index in [0.29, 0.717) is 30.2 Å². The number of aryl methyl sites for hydroxylation is 2. The summed E-state index contributed by atoms with van der Waals surface area (Å²) in [7, 11) is -3.68. The predicted octanol–water partition coefficient (Wildman–Crippen LogP) is 4.05. The number of benzene rings is 2. The summed E-state index contributed by atoms with van der Waals surface area (Å²) < 4.78 is 31.9. The van der Waals surface area contributed by atoms with Crippen molar-refractivity contribution in [2.75, 3.05) is 22.5 Å². The van der Waals surface area contributed by atoms with E-state index in [-0.39, 0.29) is 0 Å². The zero-order valence-corrected chi connectivity index (χ0v) is 18.1. The lowest BCUT2D eigenvalue weighted by Gasteiger charge is -2.31. The van der Waals surface area contributed by atoms with Crippen LogP contribution in [0.1, 0.15) is 24.5 Å². The number of ether oxygens (including phenoxy) is 1. The molecule has 1 N–H and O–H groups in total. The fourth-order valence-electron chi connectivity index (χ4n) is 3.01. The maximum atomic E-state index is 13.0. The number of carbonyl (C=O) groups excluding carboxylic acids is 1. The zero-order chi connectivity index (χ0) is 21.6. The van der Waals surface area contributed by atoms with E-state index >= 15 is 0 Å². The van der Waals surface area contributed by atoms with Crippen molar-refractivity contribution in [2.45, 2.75) is 33.2 Å². The third kappa shape index (κ3) is 5.84. The Morgan fingerprint density at radius 2 is 1.86 bits per heavy atom. The van der Waals surface area contributed by atoms with E-state index in [4.69, 9.17) is 4.74 Å². The maximum absolute atomic E-state index is 13.0. The molecule has 1 amide bonds. The minimum atomic E-state index is -3.68. The Morgan fingerprint density at radius 3 is 2.41 bits per heavy atom. The van der Waals surface area contributed by atoms with Crippen LogP contribution in [0, 0.1) is 13.8 Å². The van der Waals surface area contributed by atoms with Gasteiger partial charge in [-0.3, -0.25) is 9.10 Å². The van der Waals surface area contributed by atoms with Crippen LogP contribution in [0.5, 0.6) is 5.75 Å². The van der Waals surface area contributed by atoms with Gasteiger partial charge in [0.2, 0.25) is 15.9 Å². The molecule has 6 nitrogen and oxygen atoms in total. The highest BCUT2D eigenvalue weighted by Crippen LogP contribution is 2.28. The van der Waals surface area contributed by atoms with Gasteiger partial charge in [-0.15, -0.1) is 0 Å². The first kappa shape index (κ1) is 22.5. The molecule has 0 fully saturated rings. The molecule has 29 heavy (non-hydrogen) atoms. The lowest BCUT2D eigenvalue weighted by Crippen LogP contribution is -2.47. The van der Waals surface area contributed by atoms with Gasteiger partial charge in [0.05, 0.1) is 11.9 Å². The summed E-state index contributed by atoms with van der Waals surface area (Å²) in [4.78, 5) is 13.0. The van der Waals surface area contributed by atoms with Crippen LogP contribution in [0.15, 0.2) is 55.1 Å². The number of carbonyl (C=O) groups is 1. The Bertz CT molecular complexity index is 969. The van der Waals surface area contributed by atoms with Gasteiger partial charge in [-0.25, -0.2) is 8.42 Å². The van der Waals surface area contributed by atoms with Gasteiger partial charge in [-0.05, 0) is 61.7 Å². The highest BCUT2D eigenvalue weighted by molar-refractivity contribution is 7.92. The number of rotatable bonds is 9. The van der Waals surface area contributed by atoms with E-state index in [9.17, 15) is 13.2 Å². The second kappa shape index (κ2) is 9.60. The predicted molar refractivity (Wildman–Crippen MR) is 118 cm³/mol. The molecule has 0 saturated heterocycles. The van der Waals surface area contributed by atoms with E-state index < -0.39 is 22.0 Å². The minimum absolute atomic E-state index is 0.326. The zero-order valence-electron chi connectivity index (χ0n) is 17.3.